The lowest BCUT2D eigenvalue weighted by Gasteiger charge is -2.19. The van der Waals surface area contributed by atoms with Crippen molar-refractivity contribution < 1.29 is 9.53 Å². The Hall–Kier alpha value is -1.62. The highest BCUT2D eigenvalue weighted by Gasteiger charge is 2.27. The second-order valence-corrected chi connectivity index (χ2v) is 5.53. The number of ether oxygens (including phenoxy) is 1. The van der Waals surface area contributed by atoms with Gasteiger partial charge in [0.2, 0.25) is 11.8 Å². The number of nitrogens with zero attached hydrogens (tertiary/aromatic N) is 2. The first-order valence-electron chi connectivity index (χ1n) is 7.77. The van der Waals surface area contributed by atoms with Crippen molar-refractivity contribution >= 4 is 5.91 Å². The Morgan fingerprint density at radius 2 is 2.43 bits per heavy atom. The number of hydrogen-bond donors (Lipinski definition) is 1. The molecular weight excluding hydrogens is 266 g/mol. The van der Waals surface area contributed by atoms with Gasteiger partial charge in [0.05, 0.1) is 12.6 Å². The van der Waals surface area contributed by atoms with Gasteiger partial charge in [-0.05, 0) is 38.9 Å². The molecule has 0 saturated carbocycles. The molecule has 0 spiro atoms. The zero-order valence-electron chi connectivity index (χ0n) is 13.0. The lowest BCUT2D eigenvalue weighted by Crippen LogP contribution is -2.41. The first kappa shape index (κ1) is 15.8. The fourth-order valence-corrected chi connectivity index (χ4v) is 2.54. The summed E-state index contributed by atoms with van der Waals surface area (Å²) in [6, 6.07) is 3.83. The molecule has 1 saturated heterocycles. The van der Waals surface area contributed by atoms with Gasteiger partial charge in [0, 0.05) is 18.3 Å². The monoisotopic (exact) mass is 291 g/mol. The van der Waals surface area contributed by atoms with Crippen LogP contribution in [0.25, 0.3) is 0 Å². The molecule has 5 heteroatoms. The van der Waals surface area contributed by atoms with Gasteiger partial charge < -0.3 is 10.1 Å². The highest BCUT2D eigenvalue weighted by atomic mass is 16.5. The summed E-state index contributed by atoms with van der Waals surface area (Å²) in [5.74, 6) is 0.726. The second-order valence-electron chi connectivity index (χ2n) is 5.53. The van der Waals surface area contributed by atoms with E-state index in [0.717, 1.165) is 37.8 Å². The fourth-order valence-electron chi connectivity index (χ4n) is 2.54. The van der Waals surface area contributed by atoms with E-state index >= 15 is 0 Å². The molecule has 0 aliphatic carbocycles. The predicted octanol–water partition coefficient (Wildman–Crippen LogP) is 1.97. The van der Waals surface area contributed by atoms with Crippen LogP contribution in [-0.4, -0.2) is 42.0 Å². The number of likely N-dealkylation sites (N-methyl/N-ethyl adjacent to an activating group) is 1. The van der Waals surface area contributed by atoms with E-state index in [-0.39, 0.29) is 11.9 Å². The quantitative estimate of drug-likeness (QED) is 0.780. The summed E-state index contributed by atoms with van der Waals surface area (Å²) in [6.07, 6.45) is 5.85. The van der Waals surface area contributed by atoms with Gasteiger partial charge in [-0.15, -0.1) is 0 Å². The second kappa shape index (κ2) is 7.98. The molecular formula is C16H25N3O2. The summed E-state index contributed by atoms with van der Waals surface area (Å²) in [6.45, 7) is 4.26. The van der Waals surface area contributed by atoms with Crippen LogP contribution in [0.5, 0.6) is 5.88 Å². The Morgan fingerprint density at radius 1 is 1.57 bits per heavy atom. The van der Waals surface area contributed by atoms with Gasteiger partial charge in [0.15, 0.2) is 0 Å². The van der Waals surface area contributed by atoms with E-state index in [0.29, 0.717) is 19.0 Å². The third-order valence-corrected chi connectivity index (χ3v) is 3.86. The Balaban J connectivity index is 1.88. The molecule has 0 bridgehead atoms. The third-order valence-electron chi connectivity index (χ3n) is 3.86. The number of nitrogens with one attached hydrogen (secondary N) is 1. The van der Waals surface area contributed by atoms with Crippen LogP contribution < -0.4 is 10.1 Å². The summed E-state index contributed by atoms with van der Waals surface area (Å²) in [5.41, 5.74) is 0.933. The highest BCUT2D eigenvalue weighted by Crippen LogP contribution is 2.17. The predicted molar refractivity (Wildman–Crippen MR) is 82.1 cm³/mol. The molecule has 0 unspecified atom stereocenters. The number of aromatic nitrogens is 1. The van der Waals surface area contributed by atoms with E-state index in [9.17, 15) is 4.79 Å². The van der Waals surface area contributed by atoms with E-state index in [1.54, 1.807) is 6.20 Å². The minimum absolute atomic E-state index is 0.00568. The Bertz CT molecular complexity index is 465. The van der Waals surface area contributed by atoms with E-state index in [1.165, 1.54) is 0 Å². The van der Waals surface area contributed by atoms with Crippen molar-refractivity contribution in [1.82, 2.24) is 15.2 Å². The smallest absolute Gasteiger partial charge is 0.237 e. The van der Waals surface area contributed by atoms with E-state index in [4.69, 9.17) is 4.74 Å². The maximum atomic E-state index is 12.2. The largest absolute Gasteiger partial charge is 0.477 e. The zero-order valence-corrected chi connectivity index (χ0v) is 13.0. The zero-order chi connectivity index (χ0) is 15.1. The van der Waals surface area contributed by atoms with Crippen molar-refractivity contribution in [1.29, 1.82) is 0 Å². The van der Waals surface area contributed by atoms with Crippen molar-refractivity contribution in [3.8, 4) is 5.88 Å². The van der Waals surface area contributed by atoms with Crippen LogP contribution in [0.4, 0.5) is 0 Å². The van der Waals surface area contributed by atoms with Crippen LogP contribution in [-0.2, 0) is 11.3 Å². The normalized spacial score (nSPS) is 18.7. The molecule has 1 N–H and O–H groups in total. The number of pyridine rings is 1. The molecule has 1 aromatic heterocycles. The highest BCUT2D eigenvalue weighted by molar-refractivity contribution is 5.82. The Labute approximate surface area is 126 Å². The van der Waals surface area contributed by atoms with Crippen LogP contribution in [0.15, 0.2) is 18.3 Å². The van der Waals surface area contributed by atoms with Crippen molar-refractivity contribution in [3.05, 3.63) is 23.9 Å². The number of amides is 1. The van der Waals surface area contributed by atoms with Crippen LogP contribution >= 0.6 is 0 Å². The maximum absolute atomic E-state index is 12.2. The van der Waals surface area contributed by atoms with E-state index in [2.05, 4.69) is 22.1 Å². The van der Waals surface area contributed by atoms with E-state index in [1.807, 2.05) is 19.2 Å². The Kier molecular flexibility index (Phi) is 5.99. The lowest BCUT2D eigenvalue weighted by atomic mass is 10.2. The first-order valence-corrected chi connectivity index (χ1v) is 7.77. The number of rotatable bonds is 7. The van der Waals surface area contributed by atoms with Crippen LogP contribution in [0, 0.1) is 0 Å². The van der Waals surface area contributed by atoms with E-state index < -0.39 is 0 Å². The topological polar surface area (TPSA) is 54.5 Å². The molecule has 2 heterocycles. The van der Waals surface area contributed by atoms with Crippen molar-refractivity contribution in [3.63, 3.8) is 0 Å². The molecule has 5 nitrogen and oxygen atoms in total. The van der Waals surface area contributed by atoms with Crippen molar-refractivity contribution in [2.24, 2.45) is 0 Å². The van der Waals surface area contributed by atoms with Gasteiger partial charge in [-0.2, -0.15) is 0 Å². The standard InChI is InChI=1S/C16H25N3O2/c1-3-4-11-21-16-13(7-5-9-17-16)12-18-15(20)14-8-6-10-19(14)2/h5,7,9,14H,3-4,6,8,10-12H2,1-2H3,(H,18,20)/t14-/m0/s1. The van der Waals surface area contributed by atoms with Crippen molar-refractivity contribution in [2.45, 2.75) is 45.2 Å². The molecule has 116 valence electrons. The van der Waals surface area contributed by atoms with Crippen molar-refractivity contribution in [2.75, 3.05) is 20.2 Å². The summed E-state index contributed by atoms with van der Waals surface area (Å²) in [4.78, 5) is 18.6. The number of carbonyl (C=O) groups excluding carboxylic acids is 1. The SMILES string of the molecule is CCCCOc1ncccc1CNC(=O)[C@@H]1CCCN1C. The summed E-state index contributed by atoms with van der Waals surface area (Å²) < 4.78 is 5.68. The molecule has 2 rings (SSSR count). The molecule has 1 amide bonds. The third kappa shape index (κ3) is 4.43. The van der Waals surface area contributed by atoms with Gasteiger partial charge in [0.25, 0.3) is 0 Å². The maximum Gasteiger partial charge on any atom is 0.237 e. The minimum Gasteiger partial charge on any atom is -0.477 e. The fraction of sp³-hybridized carbons (Fsp3) is 0.625. The molecule has 0 aromatic carbocycles. The minimum atomic E-state index is 0.00568. The van der Waals surface area contributed by atoms with Gasteiger partial charge in [-0.1, -0.05) is 19.4 Å². The molecule has 1 aromatic rings. The number of hydrogen-bond acceptors (Lipinski definition) is 4. The van der Waals surface area contributed by atoms with Gasteiger partial charge in [-0.3, -0.25) is 9.69 Å². The molecule has 1 atom stereocenters. The molecule has 21 heavy (non-hydrogen) atoms. The van der Waals surface area contributed by atoms with Gasteiger partial charge >= 0.3 is 0 Å². The average Bonchev–Trinajstić information content (AvgIpc) is 2.92. The average molecular weight is 291 g/mol. The summed E-state index contributed by atoms with van der Waals surface area (Å²) in [5, 5.41) is 3.00. The summed E-state index contributed by atoms with van der Waals surface area (Å²) >= 11 is 0. The number of unbranched alkanes of at least 4 members (excludes halogenated alkanes) is 1. The summed E-state index contributed by atoms with van der Waals surface area (Å²) in [7, 11) is 2.00. The van der Waals surface area contributed by atoms with Crippen LogP contribution in [0.1, 0.15) is 38.2 Å². The molecule has 1 fully saturated rings. The molecule has 1 aliphatic rings. The number of carbonyl (C=O) groups is 1. The van der Waals surface area contributed by atoms with Gasteiger partial charge in [-0.25, -0.2) is 4.98 Å². The molecule has 0 radical (unpaired) electrons. The molecule has 1 aliphatic heterocycles. The van der Waals surface area contributed by atoms with Gasteiger partial charge in [0.1, 0.15) is 0 Å². The van der Waals surface area contributed by atoms with Crippen LogP contribution in [0.3, 0.4) is 0 Å². The Morgan fingerprint density at radius 3 is 3.14 bits per heavy atom. The van der Waals surface area contributed by atoms with Crippen LogP contribution in [0.2, 0.25) is 0 Å². The first-order chi connectivity index (χ1) is 10.2. The number of likely N-dealkylation sites (tertiary alicyclic amines) is 1. The lowest BCUT2D eigenvalue weighted by molar-refractivity contribution is -0.125.